The summed E-state index contributed by atoms with van der Waals surface area (Å²) in [6, 6.07) is 11.5. The second kappa shape index (κ2) is 8.57. The lowest BCUT2D eigenvalue weighted by molar-refractivity contribution is -0.0130. The molecule has 3 aromatic rings. The molecule has 182 valence electrons. The monoisotopic (exact) mass is 482 g/mol. The van der Waals surface area contributed by atoms with Crippen LogP contribution in [-0.2, 0) is 0 Å². The molecule has 5 N–H and O–H groups in total. The quantitative estimate of drug-likeness (QED) is 0.374. The number of aromatic hydroxyl groups is 3. The van der Waals surface area contributed by atoms with Crippen LogP contribution in [0.1, 0.15) is 33.7 Å². The molecular weight excluding hydrogens is 460 g/mol. The summed E-state index contributed by atoms with van der Waals surface area (Å²) in [5.74, 6) is -0.823. The SMILES string of the molecule is COc1cc([C@H]2Oc3cc(C4Oc5cc(O)cc(O)c5C(=O)C4O)ccc3O[C@@H]2CO)ccc1O. The summed E-state index contributed by atoms with van der Waals surface area (Å²) in [4.78, 5) is 12.7. The van der Waals surface area contributed by atoms with E-state index in [1.807, 2.05) is 0 Å². The number of aliphatic hydroxyl groups is 2. The van der Waals surface area contributed by atoms with E-state index in [1.165, 1.54) is 19.2 Å². The standard InChI is InChI=1S/C25H22O10/c1-32-17-6-11(2-4-14(17)28)24-20(10-26)33-16-5-3-12(7-18(16)34-24)25-23(31)22(30)21-15(29)8-13(27)9-19(21)35-25/h2-9,20,23-29,31H,10H2,1H3/t20-,23?,24-,25?/m1/s1. The lowest BCUT2D eigenvalue weighted by Crippen LogP contribution is -2.37. The van der Waals surface area contributed by atoms with Crippen LogP contribution in [0.4, 0.5) is 0 Å². The maximum absolute atomic E-state index is 12.7. The molecule has 2 unspecified atom stereocenters. The van der Waals surface area contributed by atoms with Crippen LogP contribution < -0.4 is 18.9 Å². The average Bonchev–Trinajstić information content (AvgIpc) is 2.85. The van der Waals surface area contributed by atoms with Crippen LogP contribution in [-0.4, -0.2) is 57.2 Å². The summed E-state index contributed by atoms with van der Waals surface area (Å²) in [5.41, 5.74) is 0.751. The number of Topliss-reactive ketones (excluding diaryl/α,β-unsaturated/α-hetero) is 1. The van der Waals surface area contributed by atoms with Crippen molar-refractivity contribution in [2.24, 2.45) is 0 Å². The molecule has 0 aromatic heterocycles. The number of benzene rings is 3. The number of ketones is 1. The molecule has 4 atom stereocenters. The van der Waals surface area contributed by atoms with E-state index in [-0.39, 0.29) is 40.9 Å². The summed E-state index contributed by atoms with van der Waals surface area (Å²) in [5, 5.41) is 50.2. The van der Waals surface area contributed by atoms with Gasteiger partial charge in [-0.1, -0.05) is 12.1 Å². The van der Waals surface area contributed by atoms with Crippen LogP contribution in [0.15, 0.2) is 48.5 Å². The van der Waals surface area contributed by atoms with E-state index in [9.17, 15) is 30.3 Å². The fourth-order valence-corrected chi connectivity index (χ4v) is 4.28. The van der Waals surface area contributed by atoms with Crippen molar-refractivity contribution in [1.82, 2.24) is 0 Å². The number of aliphatic hydroxyl groups excluding tert-OH is 2. The lowest BCUT2D eigenvalue weighted by atomic mass is 9.92. The van der Waals surface area contributed by atoms with E-state index in [0.717, 1.165) is 6.07 Å². The Kier molecular flexibility index (Phi) is 5.54. The topological polar surface area (TPSA) is 155 Å². The van der Waals surface area contributed by atoms with E-state index in [2.05, 4.69) is 0 Å². The van der Waals surface area contributed by atoms with Gasteiger partial charge in [0, 0.05) is 17.7 Å². The highest BCUT2D eigenvalue weighted by Gasteiger charge is 2.40. The first-order valence-electron chi connectivity index (χ1n) is 10.7. The van der Waals surface area contributed by atoms with Crippen molar-refractivity contribution in [2.75, 3.05) is 13.7 Å². The first-order chi connectivity index (χ1) is 16.8. The van der Waals surface area contributed by atoms with Crippen molar-refractivity contribution in [3.05, 3.63) is 65.2 Å². The fraction of sp³-hybridized carbons (Fsp3) is 0.240. The van der Waals surface area contributed by atoms with Crippen molar-refractivity contribution in [2.45, 2.75) is 24.4 Å². The highest BCUT2D eigenvalue weighted by Crippen LogP contribution is 2.45. The number of hydrogen-bond donors (Lipinski definition) is 5. The van der Waals surface area contributed by atoms with Crippen LogP contribution in [0.5, 0.6) is 40.2 Å². The molecule has 5 rings (SSSR count). The molecule has 35 heavy (non-hydrogen) atoms. The molecule has 0 aliphatic carbocycles. The number of carbonyl (C=O) groups is 1. The van der Waals surface area contributed by atoms with Gasteiger partial charge in [0.25, 0.3) is 0 Å². The molecule has 10 heteroatoms. The molecule has 2 heterocycles. The molecule has 0 fully saturated rings. The number of rotatable bonds is 4. The molecule has 0 saturated carbocycles. The molecule has 2 aliphatic heterocycles. The number of methoxy groups -OCH3 is 1. The largest absolute Gasteiger partial charge is 0.508 e. The van der Waals surface area contributed by atoms with E-state index in [4.69, 9.17) is 18.9 Å². The highest BCUT2D eigenvalue weighted by molar-refractivity contribution is 6.05. The number of fused-ring (bicyclic) bond motifs is 2. The normalized spacial score (nSPS) is 22.8. The van der Waals surface area contributed by atoms with Gasteiger partial charge in [0.2, 0.25) is 5.78 Å². The van der Waals surface area contributed by atoms with Crippen LogP contribution in [0.2, 0.25) is 0 Å². The maximum Gasteiger partial charge on any atom is 0.202 e. The minimum atomic E-state index is -1.62. The van der Waals surface area contributed by atoms with Gasteiger partial charge in [0.05, 0.1) is 13.7 Å². The Morgan fingerprint density at radius 3 is 2.29 bits per heavy atom. The van der Waals surface area contributed by atoms with Crippen molar-refractivity contribution < 1.29 is 49.3 Å². The molecule has 0 spiro atoms. The van der Waals surface area contributed by atoms with Crippen LogP contribution in [0.25, 0.3) is 0 Å². The second-order valence-corrected chi connectivity index (χ2v) is 8.20. The Balaban J connectivity index is 1.49. The van der Waals surface area contributed by atoms with E-state index in [1.54, 1.807) is 30.3 Å². The third kappa shape index (κ3) is 3.82. The second-order valence-electron chi connectivity index (χ2n) is 8.20. The fourth-order valence-electron chi connectivity index (χ4n) is 4.28. The third-order valence-corrected chi connectivity index (χ3v) is 6.00. The van der Waals surface area contributed by atoms with E-state index >= 15 is 0 Å². The Labute approximate surface area is 199 Å². The molecule has 3 aromatic carbocycles. The number of ether oxygens (including phenoxy) is 4. The minimum absolute atomic E-state index is 0.0540. The zero-order valence-electron chi connectivity index (χ0n) is 18.4. The van der Waals surface area contributed by atoms with Crippen LogP contribution in [0, 0.1) is 0 Å². The molecule has 0 saturated heterocycles. The van der Waals surface area contributed by atoms with Gasteiger partial charge in [-0.2, -0.15) is 0 Å². The molecule has 0 amide bonds. The minimum Gasteiger partial charge on any atom is -0.508 e. The Bertz CT molecular complexity index is 1300. The van der Waals surface area contributed by atoms with Gasteiger partial charge < -0.3 is 44.5 Å². The van der Waals surface area contributed by atoms with Gasteiger partial charge in [0.1, 0.15) is 22.8 Å². The highest BCUT2D eigenvalue weighted by atomic mass is 16.6. The smallest absolute Gasteiger partial charge is 0.202 e. The number of phenolic OH excluding ortho intramolecular Hbond substituents is 3. The Morgan fingerprint density at radius 1 is 0.829 bits per heavy atom. The Hall–Kier alpha value is -4.15. The number of hydrogen-bond acceptors (Lipinski definition) is 10. The van der Waals surface area contributed by atoms with Gasteiger partial charge in [-0.05, 0) is 29.8 Å². The third-order valence-electron chi connectivity index (χ3n) is 6.00. The van der Waals surface area contributed by atoms with Crippen molar-refractivity contribution in [3.8, 4) is 40.2 Å². The zero-order chi connectivity index (χ0) is 24.9. The van der Waals surface area contributed by atoms with Crippen LogP contribution >= 0.6 is 0 Å². The molecule has 10 nitrogen and oxygen atoms in total. The summed E-state index contributed by atoms with van der Waals surface area (Å²) in [7, 11) is 1.41. The van der Waals surface area contributed by atoms with Gasteiger partial charge in [-0.15, -0.1) is 0 Å². The summed E-state index contributed by atoms with van der Waals surface area (Å²) in [6.07, 6.45) is -4.28. The maximum atomic E-state index is 12.7. The molecular formula is C25H22O10. The molecule has 0 radical (unpaired) electrons. The summed E-state index contributed by atoms with van der Waals surface area (Å²) < 4.78 is 23.0. The van der Waals surface area contributed by atoms with Gasteiger partial charge in [-0.3, -0.25) is 4.79 Å². The lowest BCUT2D eigenvalue weighted by Gasteiger charge is -2.35. The molecule has 2 aliphatic rings. The van der Waals surface area contributed by atoms with Crippen LogP contribution in [0.3, 0.4) is 0 Å². The van der Waals surface area contributed by atoms with Gasteiger partial charge >= 0.3 is 0 Å². The van der Waals surface area contributed by atoms with Gasteiger partial charge in [-0.25, -0.2) is 0 Å². The van der Waals surface area contributed by atoms with Crippen molar-refractivity contribution >= 4 is 5.78 Å². The first-order valence-corrected chi connectivity index (χ1v) is 10.7. The number of phenols is 3. The van der Waals surface area contributed by atoms with Crippen molar-refractivity contribution in [3.63, 3.8) is 0 Å². The molecule has 0 bridgehead atoms. The predicted molar refractivity (Wildman–Crippen MR) is 119 cm³/mol. The van der Waals surface area contributed by atoms with Crippen molar-refractivity contribution in [1.29, 1.82) is 0 Å². The van der Waals surface area contributed by atoms with E-state index in [0.29, 0.717) is 16.9 Å². The average molecular weight is 482 g/mol. The predicted octanol–water partition coefficient (Wildman–Crippen LogP) is 2.36. The zero-order valence-corrected chi connectivity index (χ0v) is 18.4. The Morgan fingerprint density at radius 2 is 1.54 bits per heavy atom. The van der Waals surface area contributed by atoms with Gasteiger partial charge in [0.15, 0.2) is 47.4 Å². The number of carbonyl (C=O) groups excluding carboxylic acids is 1. The van der Waals surface area contributed by atoms with E-state index < -0.39 is 35.9 Å². The summed E-state index contributed by atoms with van der Waals surface area (Å²) >= 11 is 0. The first kappa shape index (κ1) is 22.6. The summed E-state index contributed by atoms with van der Waals surface area (Å²) in [6.45, 7) is -0.349.